The van der Waals surface area contributed by atoms with Gasteiger partial charge in [-0.3, -0.25) is 0 Å². The number of nitriles is 1. The Labute approximate surface area is 266 Å². The van der Waals surface area contributed by atoms with E-state index in [4.69, 9.17) is 0 Å². The smallest absolute Gasteiger partial charge is 0.101 e. The lowest BCUT2D eigenvalue weighted by molar-refractivity contribution is 1.17. The Bertz CT molecular complexity index is 2650. The number of benzene rings is 7. The summed E-state index contributed by atoms with van der Waals surface area (Å²) in [6.45, 7) is 0. The fourth-order valence-corrected chi connectivity index (χ4v) is 7.21. The average Bonchev–Trinajstić information content (AvgIpc) is 3.64. The molecule has 46 heavy (non-hydrogen) atoms. The Morgan fingerprint density at radius 2 is 1.00 bits per heavy atom. The largest absolute Gasteiger partial charge is 0.309 e. The molecule has 2 aromatic heterocycles. The molecule has 3 heteroatoms. The maximum atomic E-state index is 10.0. The number of rotatable bonds is 4. The maximum absolute atomic E-state index is 10.0. The monoisotopic (exact) mass is 585 g/mol. The zero-order valence-electron chi connectivity index (χ0n) is 24.9. The van der Waals surface area contributed by atoms with Crippen molar-refractivity contribution in [2.75, 3.05) is 0 Å². The molecule has 0 aliphatic carbocycles. The van der Waals surface area contributed by atoms with Crippen LogP contribution in [0.3, 0.4) is 0 Å². The van der Waals surface area contributed by atoms with Gasteiger partial charge in [-0.05, 0) is 59.2 Å². The highest BCUT2D eigenvalue weighted by atomic mass is 15.0. The molecule has 0 atom stereocenters. The first-order valence-corrected chi connectivity index (χ1v) is 15.5. The van der Waals surface area contributed by atoms with Crippen LogP contribution in [0.1, 0.15) is 5.56 Å². The van der Waals surface area contributed by atoms with Crippen LogP contribution in [-0.4, -0.2) is 9.13 Å². The molecule has 0 fully saturated rings. The molecule has 2 heterocycles. The third-order valence-corrected chi connectivity index (χ3v) is 9.18. The highest BCUT2D eigenvalue weighted by molar-refractivity contribution is 6.15. The lowest BCUT2D eigenvalue weighted by atomic mass is 9.92. The normalized spacial score (nSPS) is 11.5. The van der Waals surface area contributed by atoms with Gasteiger partial charge in [-0.1, -0.05) is 121 Å². The first kappa shape index (κ1) is 26.1. The van der Waals surface area contributed by atoms with E-state index in [1.54, 1.807) is 0 Å². The summed E-state index contributed by atoms with van der Waals surface area (Å²) in [5, 5.41) is 14.8. The van der Waals surface area contributed by atoms with Crippen LogP contribution in [0.15, 0.2) is 164 Å². The molecular formula is C43H27N3. The standard InChI is InChI=1S/C43H27N3/c44-28-30-13-4-9-22-39(30)46-41-24-11-7-18-34(41)36-26-25-29(27-42(36)46)32-16-5-6-17-33(32)37-20-12-21-38-35-19-8-10-23-40(35)45(43(37)38)31-14-2-1-3-15-31/h1-27H. The van der Waals surface area contributed by atoms with Gasteiger partial charge in [0.1, 0.15) is 6.07 Å². The summed E-state index contributed by atoms with van der Waals surface area (Å²) in [5.74, 6) is 0. The number of nitrogens with zero attached hydrogens (tertiary/aromatic N) is 3. The number of hydrogen-bond acceptors (Lipinski definition) is 1. The van der Waals surface area contributed by atoms with Crippen LogP contribution >= 0.6 is 0 Å². The van der Waals surface area contributed by atoms with E-state index in [-0.39, 0.29) is 0 Å². The minimum atomic E-state index is 0.649. The van der Waals surface area contributed by atoms with E-state index in [0.29, 0.717) is 5.56 Å². The second-order valence-corrected chi connectivity index (χ2v) is 11.6. The molecule has 9 aromatic rings. The van der Waals surface area contributed by atoms with Crippen molar-refractivity contribution in [3.63, 3.8) is 0 Å². The number of fused-ring (bicyclic) bond motifs is 6. The molecule has 0 unspecified atom stereocenters. The SMILES string of the molecule is N#Cc1ccccc1-n1c2ccccc2c2ccc(-c3ccccc3-c3cccc4c5ccccc5n(-c5ccccc5)c34)cc21. The lowest BCUT2D eigenvalue weighted by Crippen LogP contribution is -1.97. The van der Waals surface area contributed by atoms with Crippen LogP contribution in [0, 0.1) is 11.3 Å². The molecule has 0 amide bonds. The summed E-state index contributed by atoms with van der Waals surface area (Å²) in [6.07, 6.45) is 0. The maximum Gasteiger partial charge on any atom is 0.101 e. The van der Waals surface area contributed by atoms with Gasteiger partial charge in [0.25, 0.3) is 0 Å². The van der Waals surface area contributed by atoms with Crippen LogP contribution in [0.25, 0.3) is 77.2 Å². The van der Waals surface area contributed by atoms with Gasteiger partial charge in [0, 0.05) is 32.8 Å². The third kappa shape index (κ3) is 3.84. The van der Waals surface area contributed by atoms with E-state index in [1.807, 2.05) is 24.3 Å². The van der Waals surface area contributed by atoms with Gasteiger partial charge in [0.2, 0.25) is 0 Å². The molecule has 0 bridgehead atoms. The highest BCUT2D eigenvalue weighted by Gasteiger charge is 2.20. The van der Waals surface area contributed by atoms with Gasteiger partial charge in [0.05, 0.1) is 33.3 Å². The van der Waals surface area contributed by atoms with Crippen LogP contribution < -0.4 is 0 Å². The Hall–Kier alpha value is -6.37. The Morgan fingerprint density at radius 3 is 1.80 bits per heavy atom. The molecule has 0 aliphatic rings. The molecule has 7 aromatic carbocycles. The van der Waals surface area contributed by atoms with Crippen molar-refractivity contribution in [1.29, 1.82) is 5.26 Å². The van der Waals surface area contributed by atoms with Crippen molar-refractivity contribution < 1.29 is 0 Å². The molecule has 0 saturated carbocycles. The molecule has 0 radical (unpaired) electrons. The second kappa shape index (κ2) is 10.4. The van der Waals surface area contributed by atoms with Crippen LogP contribution in [0.5, 0.6) is 0 Å². The van der Waals surface area contributed by atoms with Crippen molar-refractivity contribution in [1.82, 2.24) is 9.13 Å². The molecule has 0 N–H and O–H groups in total. The minimum absolute atomic E-state index is 0.649. The minimum Gasteiger partial charge on any atom is -0.309 e. The third-order valence-electron chi connectivity index (χ3n) is 9.18. The van der Waals surface area contributed by atoms with Crippen molar-refractivity contribution in [3.05, 3.63) is 169 Å². The van der Waals surface area contributed by atoms with Crippen molar-refractivity contribution in [2.24, 2.45) is 0 Å². The van der Waals surface area contributed by atoms with Gasteiger partial charge in [-0.2, -0.15) is 5.26 Å². The lowest BCUT2D eigenvalue weighted by Gasteiger charge is -2.15. The predicted octanol–water partition coefficient (Wildman–Crippen LogP) is 11.1. The van der Waals surface area contributed by atoms with Gasteiger partial charge in [-0.15, -0.1) is 0 Å². The molecule has 9 rings (SSSR count). The van der Waals surface area contributed by atoms with Gasteiger partial charge in [0.15, 0.2) is 0 Å². The van der Waals surface area contributed by atoms with Crippen LogP contribution in [-0.2, 0) is 0 Å². The first-order chi connectivity index (χ1) is 22.8. The van der Waals surface area contributed by atoms with Crippen molar-refractivity contribution in [2.45, 2.75) is 0 Å². The van der Waals surface area contributed by atoms with E-state index in [0.717, 1.165) is 38.9 Å². The van der Waals surface area contributed by atoms with Crippen molar-refractivity contribution >= 4 is 43.6 Å². The Kier molecular flexibility index (Phi) is 5.88. The van der Waals surface area contributed by atoms with Gasteiger partial charge in [-0.25, -0.2) is 0 Å². The highest BCUT2D eigenvalue weighted by Crippen LogP contribution is 2.42. The fourth-order valence-electron chi connectivity index (χ4n) is 7.21. The number of aromatic nitrogens is 2. The summed E-state index contributed by atoms with van der Waals surface area (Å²) in [5.41, 5.74) is 11.9. The molecule has 0 spiro atoms. The van der Waals surface area contributed by atoms with Gasteiger partial charge >= 0.3 is 0 Å². The summed E-state index contributed by atoms with van der Waals surface area (Å²) in [4.78, 5) is 0. The Balaban J connectivity index is 1.34. The molecule has 0 saturated heterocycles. The predicted molar refractivity (Wildman–Crippen MR) is 191 cm³/mol. The molecule has 3 nitrogen and oxygen atoms in total. The van der Waals surface area contributed by atoms with E-state index < -0.39 is 0 Å². The summed E-state index contributed by atoms with van der Waals surface area (Å²) >= 11 is 0. The summed E-state index contributed by atoms with van der Waals surface area (Å²) < 4.78 is 4.64. The molecular weight excluding hydrogens is 558 g/mol. The zero-order valence-corrected chi connectivity index (χ0v) is 24.9. The van der Waals surface area contributed by atoms with Crippen molar-refractivity contribution in [3.8, 4) is 39.7 Å². The summed E-state index contributed by atoms with van der Waals surface area (Å²) in [6, 6.07) is 60.2. The average molecular weight is 586 g/mol. The van der Waals surface area contributed by atoms with E-state index in [2.05, 4.69) is 155 Å². The van der Waals surface area contributed by atoms with E-state index >= 15 is 0 Å². The Morgan fingerprint density at radius 1 is 0.413 bits per heavy atom. The van der Waals surface area contributed by atoms with Crippen LogP contribution in [0.2, 0.25) is 0 Å². The first-order valence-electron chi connectivity index (χ1n) is 15.5. The van der Waals surface area contributed by atoms with Crippen LogP contribution in [0.4, 0.5) is 0 Å². The zero-order chi connectivity index (χ0) is 30.6. The van der Waals surface area contributed by atoms with E-state index in [9.17, 15) is 5.26 Å². The van der Waals surface area contributed by atoms with Gasteiger partial charge < -0.3 is 9.13 Å². The quantitative estimate of drug-likeness (QED) is 0.202. The fraction of sp³-hybridized carbons (Fsp3) is 0. The molecule has 214 valence electrons. The molecule has 0 aliphatic heterocycles. The second-order valence-electron chi connectivity index (χ2n) is 11.6. The topological polar surface area (TPSA) is 33.6 Å². The number of hydrogen-bond donors (Lipinski definition) is 0. The number of para-hydroxylation sites is 5. The summed E-state index contributed by atoms with van der Waals surface area (Å²) in [7, 11) is 0. The van der Waals surface area contributed by atoms with E-state index in [1.165, 1.54) is 38.3 Å².